The molecule has 4 rings (SSSR count). The molecule has 0 saturated carbocycles. The van der Waals surface area contributed by atoms with Crippen molar-refractivity contribution in [2.24, 2.45) is 0 Å². The molecule has 152 valence electrons. The maximum Gasteiger partial charge on any atom is 0.316 e. The predicted molar refractivity (Wildman–Crippen MR) is 114 cm³/mol. The summed E-state index contributed by atoms with van der Waals surface area (Å²) in [6.45, 7) is 3.30. The minimum Gasteiger partial charge on any atom is -0.467 e. The minimum atomic E-state index is -0.0692. The number of anilines is 2. The van der Waals surface area contributed by atoms with Crippen LogP contribution in [0.3, 0.4) is 0 Å². The summed E-state index contributed by atoms with van der Waals surface area (Å²) < 4.78 is 5.02. The summed E-state index contributed by atoms with van der Waals surface area (Å²) in [6, 6.07) is 7.87. The van der Waals surface area contributed by atoms with Crippen LogP contribution in [0.2, 0.25) is 5.02 Å². The molecule has 0 saturated heterocycles. The average Bonchev–Trinajstić information content (AvgIpc) is 2.79. The van der Waals surface area contributed by atoms with Crippen molar-refractivity contribution in [3.05, 3.63) is 64.3 Å². The molecule has 2 aromatic heterocycles. The summed E-state index contributed by atoms with van der Waals surface area (Å²) in [4.78, 5) is 19.4. The Morgan fingerprint density at radius 2 is 2.03 bits per heavy atom. The molecule has 8 nitrogen and oxygen atoms in total. The number of rotatable bonds is 5. The van der Waals surface area contributed by atoms with Gasteiger partial charge in [-0.15, -0.1) is 0 Å². The Kier molecular flexibility index (Phi) is 5.63. The number of nitriles is 1. The van der Waals surface area contributed by atoms with Crippen molar-refractivity contribution in [3.63, 3.8) is 0 Å². The summed E-state index contributed by atoms with van der Waals surface area (Å²) in [5.41, 5.74) is 4.20. The van der Waals surface area contributed by atoms with Crippen LogP contribution in [0.15, 0.2) is 36.9 Å². The van der Waals surface area contributed by atoms with E-state index in [2.05, 4.69) is 36.2 Å². The van der Waals surface area contributed by atoms with E-state index in [0.717, 1.165) is 41.3 Å². The van der Waals surface area contributed by atoms with Crippen molar-refractivity contribution >= 4 is 23.1 Å². The summed E-state index contributed by atoms with van der Waals surface area (Å²) >= 11 is 6.43. The van der Waals surface area contributed by atoms with E-state index in [4.69, 9.17) is 16.3 Å². The molecule has 0 radical (unpaired) electrons. The van der Waals surface area contributed by atoms with E-state index in [0.29, 0.717) is 23.1 Å². The number of ether oxygens (including phenoxy) is 1. The molecule has 1 atom stereocenters. The van der Waals surface area contributed by atoms with Crippen LogP contribution in [0, 0.1) is 11.3 Å². The van der Waals surface area contributed by atoms with Crippen molar-refractivity contribution in [2.75, 3.05) is 23.9 Å². The Labute approximate surface area is 179 Å². The smallest absolute Gasteiger partial charge is 0.316 e. The second kappa shape index (κ2) is 8.51. The third-order valence-electron chi connectivity index (χ3n) is 5.11. The maximum absolute atomic E-state index is 9.51. The standard InChI is InChI=1S/C21H20ClN7O/c1-13(15-9-24-21(30-2)25-10-15)28-20-16-11-29(7-6-18(16)26-12-27-20)19-14(8-23)4-3-5-17(19)22/h3-5,9-10,12-13H,6-7,11H2,1-2H3,(H,26,27,28)/t13-/m1/s1. The molecule has 0 bridgehead atoms. The summed E-state index contributed by atoms with van der Waals surface area (Å²) in [6.07, 6.45) is 5.77. The summed E-state index contributed by atoms with van der Waals surface area (Å²) in [5.74, 6) is 0.749. The molecule has 1 aliphatic rings. The van der Waals surface area contributed by atoms with Crippen molar-refractivity contribution < 1.29 is 4.74 Å². The van der Waals surface area contributed by atoms with E-state index >= 15 is 0 Å². The van der Waals surface area contributed by atoms with E-state index in [-0.39, 0.29) is 6.04 Å². The van der Waals surface area contributed by atoms with Crippen LogP contribution in [0.4, 0.5) is 11.5 Å². The van der Waals surface area contributed by atoms with E-state index in [9.17, 15) is 5.26 Å². The van der Waals surface area contributed by atoms with Crippen molar-refractivity contribution in [1.82, 2.24) is 19.9 Å². The third kappa shape index (κ3) is 3.84. The molecule has 1 aliphatic heterocycles. The van der Waals surface area contributed by atoms with Crippen molar-refractivity contribution in [1.29, 1.82) is 5.26 Å². The van der Waals surface area contributed by atoms with Gasteiger partial charge in [0.1, 0.15) is 18.2 Å². The molecule has 3 heterocycles. The highest BCUT2D eigenvalue weighted by Gasteiger charge is 2.25. The first-order valence-corrected chi connectivity index (χ1v) is 9.87. The fourth-order valence-corrected chi connectivity index (χ4v) is 3.82. The molecular weight excluding hydrogens is 402 g/mol. The molecule has 9 heteroatoms. The molecule has 0 spiro atoms. The van der Waals surface area contributed by atoms with Gasteiger partial charge in [-0.1, -0.05) is 17.7 Å². The van der Waals surface area contributed by atoms with E-state index in [1.807, 2.05) is 6.92 Å². The van der Waals surface area contributed by atoms with Crippen LogP contribution >= 0.6 is 11.6 Å². The molecule has 0 aliphatic carbocycles. The average molecular weight is 422 g/mol. The monoisotopic (exact) mass is 421 g/mol. The lowest BCUT2D eigenvalue weighted by molar-refractivity contribution is 0.379. The number of fused-ring (bicyclic) bond motifs is 1. The highest BCUT2D eigenvalue weighted by molar-refractivity contribution is 6.33. The number of halogens is 1. The first kappa shape index (κ1) is 19.9. The predicted octanol–water partition coefficient (Wildman–Crippen LogP) is 3.54. The Bertz CT molecular complexity index is 1100. The zero-order chi connectivity index (χ0) is 21.1. The van der Waals surface area contributed by atoms with Gasteiger partial charge in [0.2, 0.25) is 0 Å². The topological polar surface area (TPSA) is 99.9 Å². The van der Waals surface area contributed by atoms with Crippen LogP contribution in [-0.2, 0) is 13.0 Å². The zero-order valence-corrected chi connectivity index (χ0v) is 17.4. The second-order valence-corrected chi connectivity index (χ2v) is 7.34. The van der Waals surface area contributed by atoms with Gasteiger partial charge < -0.3 is 15.0 Å². The fraction of sp³-hybridized carbons (Fsp3) is 0.286. The lowest BCUT2D eigenvalue weighted by Crippen LogP contribution is -2.33. The van der Waals surface area contributed by atoms with Gasteiger partial charge in [-0.2, -0.15) is 5.26 Å². The number of hydrogen-bond acceptors (Lipinski definition) is 8. The molecule has 0 amide bonds. The normalized spacial score (nSPS) is 13.9. The lowest BCUT2D eigenvalue weighted by Gasteiger charge is -2.32. The number of aromatic nitrogens is 4. The van der Waals surface area contributed by atoms with Gasteiger partial charge in [0.25, 0.3) is 0 Å². The lowest BCUT2D eigenvalue weighted by atomic mass is 10.0. The Balaban J connectivity index is 1.61. The van der Waals surface area contributed by atoms with Crippen LogP contribution in [-0.4, -0.2) is 33.6 Å². The van der Waals surface area contributed by atoms with Crippen LogP contribution in [0.1, 0.15) is 35.3 Å². The van der Waals surface area contributed by atoms with Gasteiger partial charge in [-0.25, -0.2) is 19.9 Å². The van der Waals surface area contributed by atoms with Gasteiger partial charge in [0.05, 0.1) is 35.1 Å². The first-order chi connectivity index (χ1) is 14.6. The number of para-hydroxylation sites is 1. The van der Waals surface area contributed by atoms with Gasteiger partial charge >= 0.3 is 6.01 Å². The number of nitrogens with one attached hydrogen (secondary N) is 1. The van der Waals surface area contributed by atoms with E-state index in [1.54, 1.807) is 36.9 Å². The van der Waals surface area contributed by atoms with Gasteiger partial charge in [-0.05, 0) is 19.1 Å². The highest BCUT2D eigenvalue weighted by atomic mass is 35.5. The molecule has 30 heavy (non-hydrogen) atoms. The third-order valence-corrected chi connectivity index (χ3v) is 5.41. The van der Waals surface area contributed by atoms with Crippen molar-refractivity contribution in [3.8, 4) is 12.1 Å². The highest BCUT2D eigenvalue weighted by Crippen LogP contribution is 2.34. The number of benzene rings is 1. The Morgan fingerprint density at radius 3 is 2.77 bits per heavy atom. The zero-order valence-electron chi connectivity index (χ0n) is 16.6. The number of methoxy groups -OCH3 is 1. The molecule has 0 fully saturated rings. The van der Waals surface area contributed by atoms with Gasteiger partial charge in [0, 0.05) is 43.0 Å². The SMILES string of the molecule is COc1ncc([C@@H](C)Nc2ncnc3c2CN(c2c(Cl)cccc2C#N)CC3)cn1. The Hall–Kier alpha value is -3.44. The molecule has 1 aromatic carbocycles. The number of nitrogens with zero attached hydrogens (tertiary/aromatic N) is 6. The largest absolute Gasteiger partial charge is 0.467 e. The van der Waals surface area contributed by atoms with Crippen LogP contribution < -0.4 is 15.0 Å². The Morgan fingerprint density at radius 1 is 1.23 bits per heavy atom. The number of hydrogen-bond donors (Lipinski definition) is 1. The van der Waals surface area contributed by atoms with Gasteiger partial charge in [-0.3, -0.25) is 0 Å². The summed E-state index contributed by atoms with van der Waals surface area (Å²) in [5, 5.41) is 13.5. The fourth-order valence-electron chi connectivity index (χ4n) is 3.53. The molecule has 3 aromatic rings. The molecule has 1 N–H and O–H groups in total. The quantitative estimate of drug-likeness (QED) is 0.667. The van der Waals surface area contributed by atoms with Crippen LogP contribution in [0.25, 0.3) is 0 Å². The van der Waals surface area contributed by atoms with Gasteiger partial charge in [0.15, 0.2) is 0 Å². The molecule has 0 unspecified atom stereocenters. The van der Waals surface area contributed by atoms with E-state index in [1.165, 1.54) is 7.11 Å². The minimum absolute atomic E-state index is 0.0692. The first-order valence-electron chi connectivity index (χ1n) is 9.49. The second-order valence-electron chi connectivity index (χ2n) is 6.94. The van der Waals surface area contributed by atoms with E-state index < -0.39 is 0 Å². The van der Waals surface area contributed by atoms with Crippen LogP contribution in [0.5, 0.6) is 6.01 Å². The molecular formula is C21H20ClN7O. The van der Waals surface area contributed by atoms with Crippen molar-refractivity contribution in [2.45, 2.75) is 25.9 Å². The maximum atomic E-state index is 9.51. The summed E-state index contributed by atoms with van der Waals surface area (Å²) in [7, 11) is 1.53.